The van der Waals surface area contributed by atoms with Crippen LogP contribution in [0.15, 0.2) is 53.4 Å². The zero-order valence-electron chi connectivity index (χ0n) is 12.0. The van der Waals surface area contributed by atoms with Crippen molar-refractivity contribution in [1.82, 2.24) is 0 Å². The van der Waals surface area contributed by atoms with Gasteiger partial charge in [-0.05, 0) is 42.5 Å². The number of Topliss-reactive ketones (excluding diaryl/α,β-unsaturated/α-hetero) is 1. The van der Waals surface area contributed by atoms with Crippen molar-refractivity contribution >= 4 is 17.5 Å². The van der Waals surface area contributed by atoms with E-state index in [1.54, 1.807) is 11.8 Å². The van der Waals surface area contributed by atoms with Crippen molar-refractivity contribution in [2.24, 2.45) is 0 Å². The fourth-order valence-electron chi connectivity index (χ4n) is 2.04. The first-order valence-electron chi connectivity index (χ1n) is 6.73. The maximum absolute atomic E-state index is 12.5. The third-order valence-electron chi connectivity index (χ3n) is 3.33. The lowest BCUT2D eigenvalue weighted by Crippen LogP contribution is -2.06. The van der Waals surface area contributed by atoms with Gasteiger partial charge in [0.15, 0.2) is 5.78 Å². The molecule has 0 bridgehead atoms. The Balaban J connectivity index is 1.97. The van der Waals surface area contributed by atoms with Crippen LogP contribution in [0.1, 0.15) is 27.9 Å². The van der Waals surface area contributed by atoms with Gasteiger partial charge in [-0.2, -0.15) is 13.2 Å². The Morgan fingerprint density at radius 2 is 1.59 bits per heavy atom. The highest BCUT2D eigenvalue weighted by Gasteiger charge is 2.30. The fourth-order valence-corrected chi connectivity index (χ4v) is 2.45. The molecule has 0 spiro atoms. The molecule has 1 nitrogen and oxygen atoms in total. The maximum atomic E-state index is 12.5. The Morgan fingerprint density at radius 1 is 1.00 bits per heavy atom. The van der Waals surface area contributed by atoms with E-state index in [2.05, 4.69) is 0 Å². The van der Waals surface area contributed by atoms with Crippen molar-refractivity contribution in [3.8, 4) is 0 Å². The summed E-state index contributed by atoms with van der Waals surface area (Å²) in [6.07, 6.45) is -1.53. The van der Waals surface area contributed by atoms with Crippen molar-refractivity contribution in [1.29, 1.82) is 0 Å². The second-order valence-electron chi connectivity index (χ2n) is 4.85. The molecule has 0 radical (unpaired) electrons. The highest BCUT2D eigenvalue weighted by Crippen LogP contribution is 2.29. The summed E-state index contributed by atoms with van der Waals surface area (Å²) in [4.78, 5) is 13.2. The van der Waals surface area contributed by atoms with Crippen LogP contribution >= 0.6 is 11.8 Å². The quantitative estimate of drug-likeness (QED) is 0.552. The van der Waals surface area contributed by atoms with Crippen LogP contribution < -0.4 is 0 Å². The number of benzene rings is 2. The average molecular weight is 324 g/mol. The Bertz CT molecular complexity index is 630. The monoisotopic (exact) mass is 324 g/mol. The first kappa shape index (κ1) is 16.6. The van der Waals surface area contributed by atoms with Crippen molar-refractivity contribution in [2.75, 3.05) is 6.26 Å². The Kier molecular flexibility index (Phi) is 5.29. The summed E-state index contributed by atoms with van der Waals surface area (Å²) < 4.78 is 37.4. The van der Waals surface area contributed by atoms with E-state index in [-0.39, 0.29) is 12.2 Å². The lowest BCUT2D eigenvalue weighted by molar-refractivity contribution is -0.137. The van der Waals surface area contributed by atoms with E-state index in [0.717, 1.165) is 22.6 Å². The van der Waals surface area contributed by atoms with E-state index in [4.69, 9.17) is 0 Å². The molecule has 116 valence electrons. The van der Waals surface area contributed by atoms with Crippen LogP contribution in [-0.4, -0.2) is 12.0 Å². The molecule has 22 heavy (non-hydrogen) atoms. The minimum atomic E-state index is -4.37. The van der Waals surface area contributed by atoms with Gasteiger partial charge in [-0.1, -0.05) is 24.3 Å². The van der Waals surface area contributed by atoms with Gasteiger partial charge in [0.1, 0.15) is 0 Å². The fraction of sp³-hybridized carbons (Fsp3) is 0.235. The number of alkyl halides is 3. The van der Waals surface area contributed by atoms with Crippen molar-refractivity contribution in [2.45, 2.75) is 23.9 Å². The summed E-state index contributed by atoms with van der Waals surface area (Å²) in [6.45, 7) is 0. The van der Waals surface area contributed by atoms with Gasteiger partial charge >= 0.3 is 6.18 Å². The molecular weight excluding hydrogens is 309 g/mol. The number of halogens is 3. The highest BCUT2D eigenvalue weighted by atomic mass is 32.2. The molecule has 0 amide bonds. The zero-order chi connectivity index (χ0) is 16.2. The first-order valence-corrected chi connectivity index (χ1v) is 7.96. The minimum Gasteiger partial charge on any atom is -0.294 e. The molecule has 0 heterocycles. The van der Waals surface area contributed by atoms with Crippen LogP contribution in [0, 0.1) is 0 Å². The predicted octanol–water partition coefficient (Wildman–Crippen LogP) is 5.24. The number of aryl methyl sites for hydroxylation is 1. The summed E-state index contributed by atoms with van der Waals surface area (Å²) >= 11 is 1.64. The van der Waals surface area contributed by atoms with Gasteiger partial charge in [0.25, 0.3) is 0 Å². The van der Waals surface area contributed by atoms with E-state index >= 15 is 0 Å². The SMILES string of the molecule is CSc1ccc(CCC(=O)c2ccc(C(F)(F)F)cc2)cc1. The lowest BCUT2D eigenvalue weighted by atomic mass is 10.0. The molecule has 2 rings (SSSR count). The molecule has 0 atom stereocenters. The average Bonchev–Trinajstić information content (AvgIpc) is 2.52. The standard InChI is InChI=1S/C17H15F3OS/c1-22-15-9-2-12(3-10-15)4-11-16(21)13-5-7-14(8-6-13)17(18,19)20/h2-3,5-10H,4,11H2,1H3. The second kappa shape index (κ2) is 7.01. The molecule has 2 aromatic rings. The van der Waals surface area contributed by atoms with Gasteiger partial charge in [0, 0.05) is 16.9 Å². The van der Waals surface area contributed by atoms with Crippen LogP contribution in [-0.2, 0) is 12.6 Å². The third kappa shape index (κ3) is 4.37. The molecule has 0 saturated carbocycles. The van der Waals surface area contributed by atoms with Crippen LogP contribution in [0.4, 0.5) is 13.2 Å². The lowest BCUT2D eigenvalue weighted by Gasteiger charge is -2.07. The summed E-state index contributed by atoms with van der Waals surface area (Å²) in [5, 5.41) is 0. The molecule has 0 unspecified atom stereocenters. The Morgan fingerprint density at radius 3 is 2.09 bits per heavy atom. The van der Waals surface area contributed by atoms with E-state index in [1.807, 2.05) is 30.5 Å². The first-order chi connectivity index (χ1) is 10.4. The van der Waals surface area contributed by atoms with Gasteiger partial charge in [-0.15, -0.1) is 11.8 Å². The summed E-state index contributed by atoms with van der Waals surface area (Å²) in [7, 11) is 0. The summed E-state index contributed by atoms with van der Waals surface area (Å²) in [5.41, 5.74) is 0.614. The molecule has 0 fully saturated rings. The van der Waals surface area contributed by atoms with Crippen LogP contribution in [0.3, 0.4) is 0 Å². The minimum absolute atomic E-state index is 0.150. The van der Waals surface area contributed by atoms with E-state index in [0.29, 0.717) is 12.0 Å². The van der Waals surface area contributed by atoms with Crippen molar-refractivity contribution in [3.63, 3.8) is 0 Å². The molecule has 2 aromatic carbocycles. The number of rotatable bonds is 5. The topological polar surface area (TPSA) is 17.1 Å². The molecular formula is C17H15F3OS. The van der Waals surface area contributed by atoms with Gasteiger partial charge in [0.05, 0.1) is 5.56 Å². The van der Waals surface area contributed by atoms with Crippen LogP contribution in [0.5, 0.6) is 0 Å². The number of carbonyl (C=O) groups is 1. The van der Waals surface area contributed by atoms with Crippen LogP contribution in [0.2, 0.25) is 0 Å². The number of thioether (sulfide) groups is 1. The molecule has 5 heteroatoms. The largest absolute Gasteiger partial charge is 0.416 e. The summed E-state index contributed by atoms with van der Waals surface area (Å²) in [5.74, 6) is -0.150. The van der Waals surface area contributed by atoms with Crippen molar-refractivity contribution in [3.05, 3.63) is 65.2 Å². The Labute approximate surface area is 131 Å². The highest BCUT2D eigenvalue weighted by molar-refractivity contribution is 7.98. The molecule has 0 aliphatic heterocycles. The molecule has 0 N–H and O–H groups in total. The van der Waals surface area contributed by atoms with Gasteiger partial charge < -0.3 is 0 Å². The number of hydrogen-bond donors (Lipinski definition) is 0. The Hall–Kier alpha value is -1.75. The molecule has 0 saturated heterocycles. The summed E-state index contributed by atoms with van der Waals surface area (Å²) in [6, 6.07) is 12.3. The molecule has 0 aliphatic carbocycles. The maximum Gasteiger partial charge on any atom is 0.416 e. The molecule has 0 aromatic heterocycles. The molecule has 0 aliphatic rings. The van der Waals surface area contributed by atoms with Crippen LogP contribution in [0.25, 0.3) is 0 Å². The number of hydrogen-bond acceptors (Lipinski definition) is 2. The third-order valence-corrected chi connectivity index (χ3v) is 4.08. The van der Waals surface area contributed by atoms with E-state index in [9.17, 15) is 18.0 Å². The van der Waals surface area contributed by atoms with E-state index < -0.39 is 11.7 Å². The predicted molar refractivity (Wildman–Crippen MR) is 82.3 cm³/mol. The second-order valence-corrected chi connectivity index (χ2v) is 5.73. The number of ketones is 1. The normalized spacial score (nSPS) is 11.5. The van der Waals surface area contributed by atoms with Gasteiger partial charge in [-0.3, -0.25) is 4.79 Å². The van der Waals surface area contributed by atoms with Gasteiger partial charge in [-0.25, -0.2) is 0 Å². The number of carbonyl (C=O) groups excluding carboxylic acids is 1. The van der Waals surface area contributed by atoms with Gasteiger partial charge in [0.2, 0.25) is 0 Å². The smallest absolute Gasteiger partial charge is 0.294 e. The zero-order valence-corrected chi connectivity index (χ0v) is 12.8. The van der Waals surface area contributed by atoms with E-state index in [1.165, 1.54) is 12.1 Å². The van der Waals surface area contributed by atoms with Crippen molar-refractivity contribution < 1.29 is 18.0 Å².